The van der Waals surface area contributed by atoms with Crippen molar-refractivity contribution in [2.45, 2.75) is 6.42 Å². The average molecular weight is 466 g/mol. The van der Waals surface area contributed by atoms with Gasteiger partial charge in [-0.2, -0.15) is 0 Å². The molecule has 0 saturated heterocycles. The number of methoxy groups -OCH3 is 3. The fraction of sp³-hybridized carbons (Fsp3) is 0.364. The Morgan fingerprint density at radius 2 is 1.71 bits per heavy atom. The van der Waals surface area contributed by atoms with Crippen LogP contribution >= 0.6 is 23.7 Å². The first-order valence-electron chi connectivity index (χ1n) is 9.60. The standard InChI is InChI=1S/C22H27N3O4S.ClH/c1-24(2)12-7-13-25(21(26)15-8-6-9-16(14-15)27-3)22-23-19-17(28-4)10-11-18(29-5)20(19)30-22;/h6,8-11,14H,7,12-13H2,1-5H3;1H. The van der Waals surface area contributed by atoms with E-state index in [2.05, 4.69) is 4.90 Å². The fourth-order valence-electron chi connectivity index (χ4n) is 3.13. The average Bonchev–Trinajstić information content (AvgIpc) is 3.20. The molecule has 0 bridgehead atoms. The summed E-state index contributed by atoms with van der Waals surface area (Å²) in [5.41, 5.74) is 1.24. The Hall–Kier alpha value is -2.55. The van der Waals surface area contributed by atoms with Gasteiger partial charge in [-0.1, -0.05) is 17.4 Å². The summed E-state index contributed by atoms with van der Waals surface area (Å²) >= 11 is 1.42. The number of fused-ring (bicyclic) bond motifs is 1. The summed E-state index contributed by atoms with van der Waals surface area (Å²) in [5, 5.41) is 0.611. The summed E-state index contributed by atoms with van der Waals surface area (Å²) in [7, 11) is 8.85. The van der Waals surface area contributed by atoms with Gasteiger partial charge in [0.2, 0.25) is 0 Å². The van der Waals surface area contributed by atoms with Gasteiger partial charge >= 0.3 is 0 Å². The molecule has 1 aromatic heterocycles. The number of benzene rings is 2. The number of carbonyl (C=O) groups is 1. The molecule has 0 radical (unpaired) electrons. The second kappa shape index (κ2) is 11.2. The Balaban J connectivity index is 0.00000341. The monoisotopic (exact) mass is 465 g/mol. The molecule has 1 heterocycles. The minimum atomic E-state index is -0.121. The van der Waals surface area contributed by atoms with Crippen LogP contribution in [-0.4, -0.2) is 64.3 Å². The van der Waals surface area contributed by atoms with E-state index < -0.39 is 0 Å². The topological polar surface area (TPSA) is 64.1 Å². The number of rotatable bonds is 9. The molecule has 0 aliphatic rings. The van der Waals surface area contributed by atoms with E-state index >= 15 is 0 Å². The van der Waals surface area contributed by atoms with Crippen LogP contribution in [0.1, 0.15) is 16.8 Å². The van der Waals surface area contributed by atoms with Crippen molar-refractivity contribution in [3.63, 3.8) is 0 Å². The smallest absolute Gasteiger partial charge is 0.260 e. The van der Waals surface area contributed by atoms with Crippen LogP contribution in [-0.2, 0) is 0 Å². The zero-order valence-electron chi connectivity index (χ0n) is 18.4. The maximum absolute atomic E-state index is 13.4. The third-order valence-corrected chi connectivity index (χ3v) is 5.77. The van der Waals surface area contributed by atoms with Crippen LogP contribution in [0.25, 0.3) is 10.2 Å². The summed E-state index contributed by atoms with van der Waals surface area (Å²) < 4.78 is 17.1. The molecule has 1 amide bonds. The lowest BCUT2D eigenvalue weighted by Crippen LogP contribution is -2.33. The first-order valence-corrected chi connectivity index (χ1v) is 10.4. The molecule has 9 heteroatoms. The second-order valence-corrected chi connectivity index (χ2v) is 7.97. The van der Waals surface area contributed by atoms with Crippen molar-refractivity contribution in [2.24, 2.45) is 0 Å². The van der Waals surface area contributed by atoms with Gasteiger partial charge in [0.1, 0.15) is 27.5 Å². The molecule has 0 aliphatic heterocycles. The molecule has 0 spiro atoms. The molecule has 0 atom stereocenters. The maximum atomic E-state index is 13.4. The number of hydrogen-bond acceptors (Lipinski definition) is 7. The summed E-state index contributed by atoms with van der Waals surface area (Å²) in [5.74, 6) is 1.87. The summed E-state index contributed by atoms with van der Waals surface area (Å²) in [6.07, 6.45) is 0.812. The highest BCUT2D eigenvalue weighted by Gasteiger charge is 2.24. The van der Waals surface area contributed by atoms with Gasteiger partial charge in [-0.05, 0) is 57.4 Å². The van der Waals surface area contributed by atoms with Crippen molar-refractivity contribution >= 4 is 45.0 Å². The number of ether oxygens (including phenoxy) is 3. The van der Waals surface area contributed by atoms with Gasteiger partial charge in [0, 0.05) is 12.1 Å². The van der Waals surface area contributed by atoms with Crippen LogP contribution < -0.4 is 19.1 Å². The Morgan fingerprint density at radius 3 is 2.35 bits per heavy atom. The van der Waals surface area contributed by atoms with E-state index in [-0.39, 0.29) is 18.3 Å². The maximum Gasteiger partial charge on any atom is 0.260 e. The molecule has 7 nitrogen and oxygen atoms in total. The number of nitrogens with zero attached hydrogens (tertiary/aromatic N) is 3. The highest BCUT2D eigenvalue weighted by Crippen LogP contribution is 2.40. The van der Waals surface area contributed by atoms with Crippen molar-refractivity contribution in [3.8, 4) is 17.2 Å². The largest absolute Gasteiger partial charge is 0.497 e. The molecule has 3 rings (SSSR count). The first kappa shape index (κ1) is 24.7. The predicted octanol–water partition coefficient (Wildman–Crippen LogP) is 4.34. The molecule has 0 N–H and O–H groups in total. The molecule has 0 aliphatic carbocycles. The molecular weight excluding hydrogens is 438 g/mol. The lowest BCUT2D eigenvalue weighted by molar-refractivity contribution is 0.0985. The third kappa shape index (κ3) is 5.58. The predicted molar refractivity (Wildman–Crippen MR) is 128 cm³/mol. The van der Waals surface area contributed by atoms with E-state index in [9.17, 15) is 4.79 Å². The Bertz CT molecular complexity index is 984. The van der Waals surface area contributed by atoms with Crippen LogP contribution in [0, 0.1) is 0 Å². The van der Waals surface area contributed by atoms with E-state index in [0.717, 1.165) is 17.7 Å². The van der Waals surface area contributed by atoms with Crippen molar-refractivity contribution in [1.82, 2.24) is 9.88 Å². The zero-order valence-corrected chi connectivity index (χ0v) is 20.0. The molecular formula is C22H28ClN3O4S. The summed E-state index contributed by atoms with van der Waals surface area (Å²) in [6.45, 7) is 1.40. The molecule has 0 fully saturated rings. The van der Waals surface area contributed by atoms with Crippen molar-refractivity contribution < 1.29 is 19.0 Å². The molecule has 0 unspecified atom stereocenters. The van der Waals surface area contributed by atoms with Gasteiger partial charge < -0.3 is 19.1 Å². The fourth-order valence-corrected chi connectivity index (χ4v) is 4.23. The Kier molecular flexibility index (Phi) is 8.91. The van der Waals surface area contributed by atoms with Crippen LogP contribution in [0.3, 0.4) is 0 Å². The van der Waals surface area contributed by atoms with E-state index in [0.29, 0.717) is 40.0 Å². The normalized spacial score (nSPS) is 10.6. The van der Waals surface area contributed by atoms with Gasteiger partial charge in [-0.3, -0.25) is 9.69 Å². The first-order chi connectivity index (χ1) is 14.5. The van der Waals surface area contributed by atoms with Gasteiger partial charge in [-0.25, -0.2) is 4.98 Å². The van der Waals surface area contributed by atoms with E-state index in [1.165, 1.54) is 11.3 Å². The summed E-state index contributed by atoms with van der Waals surface area (Å²) in [6, 6.07) is 10.8. The second-order valence-electron chi connectivity index (χ2n) is 6.99. The zero-order chi connectivity index (χ0) is 21.7. The third-order valence-electron chi connectivity index (χ3n) is 4.68. The van der Waals surface area contributed by atoms with Crippen LogP contribution in [0.15, 0.2) is 36.4 Å². The minimum Gasteiger partial charge on any atom is -0.497 e. The molecule has 31 heavy (non-hydrogen) atoms. The van der Waals surface area contributed by atoms with E-state index in [1.54, 1.807) is 38.4 Å². The highest BCUT2D eigenvalue weighted by atomic mass is 35.5. The quantitative estimate of drug-likeness (QED) is 0.468. The van der Waals surface area contributed by atoms with Gasteiger partial charge in [0.25, 0.3) is 5.91 Å². The molecule has 2 aromatic carbocycles. The summed E-state index contributed by atoms with van der Waals surface area (Å²) in [4.78, 5) is 22.0. The Labute approximate surface area is 192 Å². The van der Waals surface area contributed by atoms with Gasteiger partial charge in [0.05, 0.1) is 21.3 Å². The van der Waals surface area contributed by atoms with Crippen molar-refractivity contribution in [3.05, 3.63) is 42.0 Å². The lowest BCUT2D eigenvalue weighted by atomic mass is 10.2. The molecule has 168 valence electrons. The number of aromatic nitrogens is 1. The van der Waals surface area contributed by atoms with Crippen LogP contribution in [0.2, 0.25) is 0 Å². The number of halogens is 1. The SMILES string of the molecule is COc1cccc(C(=O)N(CCCN(C)C)c2nc3c(OC)ccc(OC)c3s2)c1.Cl. The van der Waals surface area contributed by atoms with Crippen molar-refractivity contribution in [1.29, 1.82) is 0 Å². The lowest BCUT2D eigenvalue weighted by Gasteiger charge is -2.21. The van der Waals surface area contributed by atoms with Crippen LogP contribution in [0.4, 0.5) is 5.13 Å². The van der Waals surface area contributed by atoms with Crippen LogP contribution in [0.5, 0.6) is 17.2 Å². The number of thiazole rings is 1. The Morgan fingerprint density at radius 1 is 1.00 bits per heavy atom. The number of hydrogen-bond donors (Lipinski definition) is 0. The number of anilines is 1. The molecule has 0 saturated carbocycles. The number of carbonyl (C=O) groups excluding carboxylic acids is 1. The molecule has 3 aromatic rings. The van der Waals surface area contributed by atoms with Gasteiger partial charge in [-0.15, -0.1) is 12.4 Å². The minimum absolute atomic E-state index is 0. The highest BCUT2D eigenvalue weighted by molar-refractivity contribution is 7.22. The number of amides is 1. The van der Waals surface area contributed by atoms with E-state index in [4.69, 9.17) is 19.2 Å². The van der Waals surface area contributed by atoms with Gasteiger partial charge in [0.15, 0.2) is 5.13 Å². The van der Waals surface area contributed by atoms with Crippen molar-refractivity contribution in [2.75, 3.05) is 53.4 Å². The van der Waals surface area contributed by atoms with E-state index in [1.807, 2.05) is 38.4 Å².